The van der Waals surface area contributed by atoms with E-state index in [1.165, 1.54) is 37.1 Å². The maximum Gasteiger partial charge on any atom is 0.106 e. The minimum Gasteiger partial charge on any atom is -0.296 e. The van der Waals surface area contributed by atoms with Crippen LogP contribution in [0.15, 0.2) is 16.7 Å². The lowest BCUT2D eigenvalue weighted by Crippen LogP contribution is -2.32. The standard InChI is InChI=1S/C16H23BrN2/c1-16(2,3)15-12(5-7-14(17)18-15)10-19-9-11-4-6-13(19)8-11/h5,7,11,13H,4,6,8-10H2,1-3H3. The minimum atomic E-state index is 0.109. The molecule has 1 saturated heterocycles. The summed E-state index contributed by atoms with van der Waals surface area (Å²) in [6.45, 7) is 9.13. The number of nitrogens with zero attached hydrogens (tertiary/aromatic N) is 2. The van der Waals surface area contributed by atoms with Crippen LogP contribution in [-0.4, -0.2) is 22.5 Å². The second-order valence-electron chi connectivity index (χ2n) is 7.15. The molecule has 1 aromatic heterocycles. The van der Waals surface area contributed by atoms with Crippen molar-refractivity contribution in [2.45, 2.75) is 58.0 Å². The topological polar surface area (TPSA) is 16.1 Å². The number of likely N-dealkylation sites (tertiary alicyclic amines) is 1. The quantitative estimate of drug-likeness (QED) is 0.761. The van der Waals surface area contributed by atoms with E-state index in [9.17, 15) is 0 Å². The van der Waals surface area contributed by atoms with Crippen LogP contribution in [0.4, 0.5) is 0 Å². The second-order valence-corrected chi connectivity index (χ2v) is 7.97. The van der Waals surface area contributed by atoms with Gasteiger partial charge in [0.05, 0.1) is 5.69 Å². The van der Waals surface area contributed by atoms with Gasteiger partial charge in [0.1, 0.15) is 4.60 Å². The summed E-state index contributed by atoms with van der Waals surface area (Å²) in [5, 5.41) is 0. The summed E-state index contributed by atoms with van der Waals surface area (Å²) in [7, 11) is 0. The van der Waals surface area contributed by atoms with E-state index < -0.39 is 0 Å². The summed E-state index contributed by atoms with van der Waals surface area (Å²) in [6.07, 6.45) is 4.28. The minimum absolute atomic E-state index is 0.109. The molecule has 1 saturated carbocycles. The van der Waals surface area contributed by atoms with Crippen LogP contribution in [-0.2, 0) is 12.0 Å². The predicted octanol–water partition coefficient (Wildman–Crippen LogP) is 4.13. The van der Waals surface area contributed by atoms with Crippen LogP contribution in [0.25, 0.3) is 0 Å². The fourth-order valence-electron chi connectivity index (χ4n) is 3.68. The monoisotopic (exact) mass is 322 g/mol. The van der Waals surface area contributed by atoms with Crippen molar-refractivity contribution in [1.82, 2.24) is 9.88 Å². The lowest BCUT2D eigenvalue weighted by molar-refractivity contribution is 0.203. The van der Waals surface area contributed by atoms with Gasteiger partial charge < -0.3 is 0 Å². The Balaban J connectivity index is 1.84. The van der Waals surface area contributed by atoms with Gasteiger partial charge in [-0.1, -0.05) is 26.8 Å². The molecular weight excluding hydrogens is 300 g/mol. The average Bonchev–Trinajstić information content (AvgIpc) is 2.92. The molecular formula is C16H23BrN2. The largest absolute Gasteiger partial charge is 0.296 e. The summed E-state index contributed by atoms with van der Waals surface area (Å²) >= 11 is 3.51. The molecule has 3 heteroatoms. The lowest BCUT2D eigenvalue weighted by Gasteiger charge is -2.29. The molecule has 0 amide bonds. The van der Waals surface area contributed by atoms with Gasteiger partial charge in [0, 0.05) is 24.5 Å². The molecule has 2 atom stereocenters. The van der Waals surface area contributed by atoms with Crippen molar-refractivity contribution in [1.29, 1.82) is 0 Å². The maximum atomic E-state index is 4.74. The van der Waals surface area contributed by atoms with Crippen molar-refractivity contribution in [3.63, 3.8) is 0 Å². The van der Waals surface area contributed by atoms with E-state index in [4.69, 9.17) is 4.98 Å². The first-order valence-electron chi connectivity index (χ1n) is 7.33. The molecule has 1 aromatic rings. The van der Waals surface area contributed by atoms with Crippen molar-refractivity contribution in [3.05, 3.63) is 28.0 Å². The van der Waals surface area contributed by atoms with Crippen molar-refractivity contribution in [2.75, 3.05) is 6.54 Å². The highest BCUT2D eigenvalue weighted by Gasteiger charge is 2.38. The Kier molecular flexibility index (Phi) is 3.46. The number of aromatic nitrogens is 1. The Morgan fingerprint density at radius 1 is 1.32 bits per heavy atom. The van der Waals surface area contributed by atoms with E-state index in [1.807, 2.05) is 0 Å². The molecule has 104 valence electrons. The first-order chi connectivity index (χ1) is 8.93. The van der Waals surface area contributed by atoms with Crippen LogP contribution in [0.2, 0.25) is 0 Å². The van der Waals surface area contributed by atoms with Gasteiger partial charge >= 0.3 is 0 Å². The predicted molar refractivity (Wildman–Crippen MR) is 82.2 cm³/mol. The molecule has 2 nitrogen and oxygen atoms in total. The lowest BCUT2D eigenvalue weighted by atomic mass is 9.88. The van der Waals surface area contributed by atoms with Gasteiger partial charge in [0.15, 0.2) is 0 Å². The summed E-state index contributed by atoms with van der Waals surface area (Å²) < 4.78 is 0.948. The normalized spacial score (nSPS) is 27.2. The first kappa shape index (κ1) is 13.6. The number of piperidine rings is 1. The third kappa shape index (κ3) is 2.73. The number of halogens is 1. The van der Waals surface area contributed by atoms with Crippen LogP contribution in [0.1, 0.15) is 51.3 Å². The summed E-state index contributed by atoms with van der Waals surface area (Å²) in [4.78, 5) is 7.41. The Morgan fingerprint density at radius 3 is 2.68 bits per heavy atom. The van der Waals surface area contributed by atoms with Crippen molar-refractivity contribution >= 4 is 15.9 Å². The van der Waals surface area contributed by atoms with E-state index in [2.05, 4.69) is 53.7 Å². The van der Waals surface area contributed by atoms with Crippen LogP contribution >= 0.6 is 15.9 Å². The molecule has 0 aromatic carbocycles. The van der Waals surface area contributed by atoms with Gasteiger partial charge in [-0.3, -0.25) is 4.90 Å². The Hall–Kier alpha value is -0.410. The van der Waals surface area contributed by atoms with E-state index >= 15 is 0 Å². The molecule has 1 aliphatic carbocycles. The molecule has 3 rings (SSSR count). The summed E-state index contributed by atoms with van der Waals surface area (Å²) in [5.74, 6) is 0.964. The fraction of sp³-hybridized carbons (Fsp3) is 0.688. The van der Waals surface area contributed by atoms with E-state index in [0.717, 1.165) is 23.1 Å². The molecule has 2 heterocycles. The van der Waals surface area contributed by atoms with Crippen molar-refractivity contribution in [3.8, 4) is 0 Å². The number of pyridine rings is 1. The van der Waals surface area contributed by atoms with Crippen LogP contribution in [0.3, 0.4) is 0 Å². The van der Waals surface area contributed by atoms with Crippen LogP contribution < -0.4 is 0 Å². The van der Waals surface area contributed by atoms with Gasteiger partial charge in [-0.15, -0.1) is 0 Å². The molecule has 2 bridgehead atoms. The highest BCUT2D eigenvalue weighted by molar-refractivity contribution is 9.10. The molecule has 2 unspecified atom stereocenters. The zero-order valence-electron chi connectivity index (χ0n) is 12.1. The molecule has 0 radical (unpaired) electrons. The van der Waals surface area contributed by atoms with Gasteiger partial charge in [0.2, 0.25) is 0 Å². The molecule has 19 heavy (non-hydrogen) atoms. The summed E-state index contributed by atoms with van der Waals surface area (Å²) in [5.41, 5.74) is 2.76. The fourth-order valence-corrected chi connectivity index (χ4v) is 3.99. The Labute approximate surface area is 124 Å². The maximum absolute atomic E-state index is 4.74. The smallest absolute Gasteiger partial charge is 0.106 e. The highest BCUT2D eigenvalue weighted by atomic mass is 79.9. The average molecular weight is 323 g/mol. The van der Waals surface area contributed by atoms with Crippen LogP contribution in [0, 0.1) is 5.92 Å². The van der Waals surface area contributed by atoms with E-state index in [0.29, 0.717) is 0 Å². The molecule has 2 fully saturated rings. The van der Waals surface area contributed by atoms with Crippen molar-refractivity contribution in [2.24, 2.45) is 5.92 Å². The third-order valence-corrected chi connectivity index (χ3v) is 4.99. The Morgan fingerprint density at radius 2 is 2.11 bits per heavy atom. The number of rotatable bonds is 2. The van der Waals surface area contributed by atoms with E-state index in [1.54, 1.807) is 0 Å². The zero-order chi connectivity index (χ0) is 13.6. The van der Waals surface area contributed by atoms with Gasteiger partial charge in [-0.2, -0.15) is 0 Å². The summed E-state index contributed by atoms with van der Waals surface area (Å²) in [6, 6.07) is 5.17. The van der Waals surface area contributed by atoms with Gasteiger partial charge in [-0.05, 0) is 52.7 Å². The number of hydrogen-bond donors (Lipinski definition) is 0. The highest BCUT2D eigenvalue weighted by Crippen LogP contribution is 2.39. The van der Waals surface area contributed by atoms with Crippen molar-refractivity contribution < 1.29 is 0 Å². The molecule has 2 aliphatic rings. The molecule has 1 aliphatic heterocycles. The second kappa shape index (κ2) is 4.85. The van der Waals surface area contributed by atoms with E-state index in [-0.39, 0.29) is 5.41 Å². The third-order valence-electron chi connectivity index (χ3n) is 4.55. The molecule has 0 spiro atoms. The zero-order valence-corrected chi connectivity index (χ0v) is 13.7. The number of hydrogen-bond acceptors (Lipinski definition) is 2. The SMILES string of the molecule is CC(C)(C)c1nc(Br)ccc1CN1CC2CCC1C2. The van der Waals surface area contributed by atoms with Crippen LogP contribution in [0.5, 0.6) is 0 Å². The Bertz CT molecular complexity index is 478. The number of fused-ring (bicyclic) bond motifs is 2. The molecule has 0 N–H and O–H groups in total. The van der Waals surface area contributed by atoms with Gasteiger partial charge in [0.25, 0.3) is 0 Å². The van der Waals surface area contributed by atoms with Gasteiger partial charge in [-0.25, -0.2) is 4.98 Å². The first-order valence-corrected chi connectivity index (χ1v) is 8.13.